The Morgan fingerprint density at radius 1 is 1.26 bits per heavy atom. The van der Waals surface area contributed by atoms with Gasteiger partial charge in [0, 0.05) is 23.7 Å². The number of hydrogen-bond acceptors (Lipinski definition) is 3. The minimum Gasteiger partial charge on any atom is -0.497 e. The summed E-state index contributed by atoms with van der Waals surface area (Å²) in [6, 6.07) is 8.62. The Balaban J connectivity index is 1.83. The molecule has 0 radical (unpaired) electrons. The number of methoxy groups -OCH3 is 1. The van der Waals surface area contributed by atoms with Crippen molar-refractivity contribution >= 4 is 11.6 Å². The maximum Gasteiger partial charge on any atom is 0.230 e. The minimum atomic E-state index is 0.134. The molecule has 1 saturated carbocycles. The highest BCUT2D eigenvalue weighted by molar-refractivity contribution is 5.95. The zero-order valence-corrected chi connectivity index (χ0v) is 14.4. The Bertz CT molecular complexity index is 539. The van der Waals surface area contributed by atoms with Gasteiger partial charge >= 0.3 is 0 Å². The van der Waals surface area contributed by atoms with Gasteiger partial charge < -0.3 is 15.0 Å². The van der Waals surface area contributed by atoms with E-state index >= 15 is 0 Å². The molecule has 0 bridgehead atoms. The van der Waals surface area contributed by atoms with E-state index in [1.54, 1.807) is 7.11 Å². The number of hydrogen-bond donors (Lipinski definition) is 1. The lowest BCUT2D eigenvalue weighted by molar-refractivity contribution is -0.124. The van der Waals surface area contributed by atoms with E-state index in [-0.39, 0.29) is 12.0 Å². The molecule has 4 heteroatoms. The fourth-order valence-corrected chi connectivity index (χ4v) is 3.65. The van der Waals surface area contributed by atoms with E-state index in [0.29, 0.717) is 17.9 Å². The molecule has 1 aromatic rings. The summed E-state index contributed by atoms with van der Waals surface area (Å²) >= 11 is 0. The lowest BCUT2D eigenvalue weighted by Crippen LogP contribution is -2.48. The first-order valence-electron chi connectivity index (χ1n) is 8.80. The van der Waals surface area contributed by atoms with Crippen molar-refractivity contribution in [3.05, 3.63) is 24.3 Å². The number of amides is 1. The first-order valence-corrected chi connectivity index (χ1v) is 8.80. The molecule has 1 amide bonds. The quantitative estimate of drug-likeness (QED) is 0.907. The Morgan fingerprint density at radius 3 is 2.52 bits per heavy atom. The molecular weight excluding hydrogens is 288 g/mol. The van der Waals surface area contributed by atoms with Crippen molar-refractivity contribution in [2.24, 2.45) is 11.8 Å². The molecule has 1 saturated heterocycles. The molecular formula is C19H28N2O2. The second kappa shape index (κ2) is 6.91. The summed E-state index contributed by atoms with van der Waals surface area (Å²) in [6.45, 7) is 5.30. The van der Waals surface area contributed by atoms with Gasteiger partial charge in [-0.3, -0.25) is 4.79 Å². The van der Waals surface area contributed by atoms with Crippen LogP contribution in [0, 0.1) is 11.8 Å². The highest BCUT2D eigenvalue weighted by Crippen LogP contribution is 2.38. The molecule has 1 heterocycles. The monoisotopic (exact) mass is 316 g/mol. The molecule has 4 nitrogen and oxygen atoms in total. The normalized spacial score (nSPS) is 25.7. The van der Waals surface area contributed by atoms with Gasteiger partial charge in [-0.25, -0.2) is 0 Å². The van der Waals surface area contributed by atoms with Crippen molar-refractivity contribution < 1.29 is 9.53 Å². The Labute approximate surface area is 139 Å². The maximum absolute atomic E-state index is 13.2. The summed E-state index contributed by atoms with van der Waals surface area (Å²) in [5.74, 6) is 1.91. The van der Waals surface area contributed by atoms with Crippen molar-refractivity contribution in [1.82, 2.24) is 5.32 Å². The number of nitrogens with zero attached hydrogens (tertiary/aromatic N) is 1. The van der Waals surface area contributed by atoms with Crippen molar-refractivity contribution in [2.45, 2.75) is 51.6 Å². The van der Waals surface area contributed by atoms with E-state index in [4.69, 9.17) is 4.74 Å². The molecule has 23 heavy (non-hydrogen) atoms. The highest BCUT2D eigenvalue weighted by atomic mass is 16.5. The van der Waals surface area contributed by atoms with Gasteiger partial charge in [-0.1, -0.05) is 0 Å². The van der Waals surface area contributed by atoms with Gasteiger partial charge in [0.15, 0.2) is 0 Å². The van der Waals surface area contributed by atoms with Gasteiger partial charge in [-0.15, -0.1) is 0 Å². The van der Waals surface area contributed by atoms with Crippen molar-refractivity contribution in [3.63, 3.8) is 0 Å². The average Bonchev–Trinajstić information content (AvgIpc) is 3.40. The average molecular weight is 316 g/mol. The molecule has 1 aromatic carbocycles. The van der Waals surface area contributed by atoms with Crippen LogP contribution in [-0.4, -0.2) is 31.6 Å². The number of benzene rings is 1. The number of piperidine rings is 1. The summed E-state index contributed by atoms with van der Waals surface area (Å²) < 4.78 is 5.25. The molecule has 0 spiro atoms. The minimum absolute atomic E-state index is 0.134. The number of carbonyl (C=O) groups is 1. The maximum atomic E-state index is 13.2. The van der Waals surface area contributed by atoms with Crippen molar-refractivity contribution in [1.29, 1.82) is 0 Å². The zero-order valence-electron chi connectivity index (χ0n) is 14.4. The van der Waals surface area contributed by atoms with Crippen LogP contribution < -0.4 is 15.0 Å². The molecule has 3 rings (SSSR count). The Hall–Kier alpha value is -1.55. The van der Waals surface area contributed by atoms with Gasteiger partial charge in [0.25, 0.3) is 0 Å². The lowest BCUT2D eigenvalue weighted by Gasteiger charge is -2.35. The summed E-state index contributed by atoms with van der Waals surface area (Å²) in [5.41, 5.74) is 1.00. The van der Waals surface area contributed by atoms with Crippen LogP contribution in [0.1, 0.15) is 39.5 Å². The number of carbonyl (C=O) groups excluding carboxylic acids is 1. The predicted molar refractivity (Wildman–Crippen MR) is 92.9 cm³/mol. The number of anilines is 1. The van der Waals surface area contributed by atoms with Crippen LogP contribution in [-0.2, 0) is 4.79 Å². The molecule has 3 atom stereocenters. The molecule has 0 aromatic heterocycles. The third-order valence-electron chi connectivity index (χ3n) is 5.27. The van der Waals surface area contributed by atoms with Crippen LogP contribution in [0.15, 0.2) is 24.3 Å². The molecule has 1 aliphatic heterocycles. The first kappa shape index (κ1) is 16.3. The van der Waals surface area contributed by atoms with Crippen LogP contribution in [0.5, 0.6) is 5.75 Å². The largest absolute Gasteiger partial charge is 0.497 e. The fourth-order valence-electron chi connectivity index (χ4n) is 3.65. The second-order valence-corrected chi connectivity index (χ2v) is 7.06. The van der Waals surface area contributed by atoms with Gasteiger partial charge in [-0.2, -0.15) is 0 Å². The van der Waals surface area contributed by atoms with E-state index in [0.717, 1.165) is 30.8 Å². The lowest BCUT2D eigenvalue weighted by atomic mass is 9.91. The summed E-state index contributed by atoms with van der Waals surface area (Å²) in [6.07, 6.45) is 4.35. The van der Waals surface area contributed by atoms with Crippen LogP contribution in [0.25, 0.3) is 0 Å². The van der Waals surface area contributed by atoms with Crippen LogP contribution >= 0.6 is 0 Å². The van der Waals surface area contributed by atoms with Gasteiger partial charge in [0.05, 0.1) is 7.11 Å². The van der Waals surface area contributed by atoms with Crippen LogP contribution in [0.3, 0.4) is 0 Å². The standard InChI is InChI=1S/C19H28N2O2/c1-13-12-16(10-11-20-13)19(22)21(14(2)15-4-5-15)17-6-8-18(23-3)9-7-17/h6-9,13-16,20H,4-5,10-12H2,1-3H3/t13-,14?,16-/m0/s1. The van der Waals surface area contributed by atoms with E-state index in [9.17, 15) is 4.79 Å². The predicted octanol–water partition coefficient (Wildman–Crippen LogP) is 3.21. The topological polar surface area (TPSA) is 41.6 Å². The zero-order chi connectivity index (χ0) is 16.4. The van der Waals surface area contributed by atoms with Crippen molar-refractivity contribution in [3.8, 4) is 5.75 Å². The molecule has 126 valence electrons. The number of ether oxygens (including phenoxy) is 1. The van der Waals surface area contributed by atoms with E-state index in [2.05, 4.69) is 24.1 Å². The van der Waals surface area contributed by atoms with E-state index < -0.39 is 0 Å². The Kier molecular flexibility index (Phi) is 4.90. The molecule has 1 N–H and O–H groups in total. The van der Waals surface area contributed by atoms with Gasteiger partial charge in [0.2, 0.25) is 5.91 Å². The molecule has 2 fully saturated rings. The smallest absolute Gasteiger partial charge is 0.230 e. The Morgan fingerprint density at radius 2 is 1.96 bits per heavy atom. The van der Waals surface area contributed by atoms with Gasteiger partial charge in [0.1, 0.15) is 5.75 Å². The van der Waals surface area contributed by atoms with Crippen LogP contribution in [0.4, 0.5) is 5.69 Å². The highest BCUT2D eigenvalue weighted by Gasteiger charge is 2.38. The van der Waals surface area contributed by atoms with Crippen LogP contribution in [0.2, 0.25) is 0 Å². The molecule has 1 aliphatic carbocycles. The first-order chi connectivity index (χ1) is 11.1. The van der Waals surface area contributed by atoms with E-state index in [1.807, 2.05) is 24.3 Å². The summed E-state index contributed by atoms with van der Waals surface area (Å²) in [4.78, 5) is 15.3. The third-order valence-corrected chi connectivity index (χ3v) is 5.27. The van der Waals surface area contributed by atoms with Crippen molar-refractivity contribution in [2.75, 3.05) is 18.6 Å². The second-order valence-electron chi connectivity index (χ2n) is 7.06. The molecule has 2 aliphatic rings. The van der Waals surface area contributed by atoms with E-state index in [1.165, 1.54) is 12.8 Å². The SMILES string of the molecule is COc1ccc(N(C(=O)[C@H]2CCN[C@@H](C)C2)C(C)C2CC2)cc1. The summed E-state index contributed by atoms with van der Waals surface area (Å²) in [7, 11) is 1.67. The number of rotatable bonds is 5. The van der Waals surface area contributed by atoms with Gasteiger partial charge in [-0.05, 0) is 76.3 Å². The molecule has 1 unspecified atom stereocenters. The fraction of sp³-hybridized carbons (Fsp3) is 0.632. The third kappa shape index (κ3) is 3.69. The number of nitrogens with one attached hydrogen (secondary N) is 1. The summed E-state index contributed by atoms with van der Waals surface area (Å²) in [5, 5.41) is 3.44.